The molecule has 0 aliphatic rings. The lowest BCUT2D eigenvalue weighted by Gasteiger charge is -1.99. The molecule has 6 N–H and O–H groups in total. The van der Waals surface area contributed by atoms with E-state index in [1.807, 2.05) is 6.07 Å². The van der Waals surface area contributed by atoms with Gasteiger partial charge in [0, 0.05) is 5.56 Å². The van der Waals surface area contributed by atoms with Crippen molar-refractivity contribution < 1.29 is 24.6 Å². The zero-order valence-corrected chi connectivity index (χ0v) is 9.45. The summed E-state index contributed by atoms with van der Waals surface area (Å²) in [5.74, 6) is -2.88. The van der Waals surface area contributed by atoms with Gasteiger partial charge in [-0.25, -0.2) is 0 Å². The largest absolute Gasteiger partial charge is 0.481 e. The fourth-order valence-electron chi connectivity index (χ4n) is 0.878. The standard InChI is InChI=1S/C7H7NO.C4H7NO4/c8-7(9)6-4-2-1-3-5-6;5-2(4(8)9)1-3(6)7/h1-5H,(H2,8,9);2H,1,5H2,(H,6,7)(H,8,9)/t;2-/m.0/s1. The van der Waals surface area contributed by atoms with E-state index in [1.54, 1.807) is 24.3 Å². The van der Waals surface area contributed by atoms with Gasteiger partial charge >= 0.3 is 11.9 Å². The van der Waals surface area contributed by atoms with Crippen molar-refractivity contribution in [2.75, 3.05) is 0 Å². The maximum atomic E-state index is 10.4. The van der Waals surface area contributed by atoms with E-state index in [4.69, 9.17) is 21.7 Å². The second-order valence-corrected chi connectivity index (χ2v) is 3.27. The van der Waals surface area contributed by atoms with Gasteiger partial charge in [0.15, 0.2) is 0 Å². The molecule has 1 aromatic rings. The second-order valence-electron chi connectivity index (χ2n) is 3.27. The molecule has 0 heterocycles. The molecule has 1 atom stereocenters. The van der Waals surface area contributed by atoms with Crippen molar-refractivity contribution in [1.29, 1.82) is 0 Å². The van der Waals surface area contributed by atoms with Crippen molar-refractivity contribution >= 4 is 17.8 Å². The van der Waals surface area contributed by atoms with Crippen molar-refractivity contribution in [1.82, 2.24) is 0 Å². The molecule has 18 heavy (non-hydrogen) atoms. The lowest BCUT2D eigenvalue weighted by atomic mass is 10.2. The Balaban J connectivity index is 0.000000321. The fraction of sp³-hybridized carbons (Fsp3) is 0.182. The lowest BCUT2D eigenvalue weighted by molar-refractivity contribution is -0.144. The molecule has 1 rings (SSSR count). The van der Waals surface area contributed by atoms with Crippen LogP contribution in [0.2, 0.25) is 0 Å². The van der Waals surface area contributed by atoms with Gasteiger partial charge in [-0.15, -0.1) is 0 Å². The van der Waals surface area contributed by atoms with Crippen LogP contribution < -0.4 is 11.5 Å². The molecule has 7 nitrogen and oxygen atoms in total. The van der Waals surface area contributed by atoms with Crippen molar-refractivity contribution in [3.05, 3.63) is 35.9 Å². The summed E-state index contributed by atoms with van der Waals surface area (Å²) in [6.45, 7) is 0. The van der Waals surface area contributed by atoms with Crippen molar-refractivity contribution in [2.45, 2.75) is 12.5 Å². The first-order valence-electron chi connectivity index (χ1n) is 4.89. The van der Waals surface area contributed by atoms with E-state index in [-0.39, 0.29) is 5.91 Å². The smallest absolute Gasteiger partial charge is 0.321 e. The minimum absolute atomic E-state index is 0.379. The number of carbonyl (C=O) groups is 3. The van der Waals surface area contributed by atoms with Crippen LogP contribution in [0.3, 0.4) is 0 Å². The molecule has 0 aliphatic carbocycles. The Hall–Kier alpha value is -2.41. The molecule has 0 spiro atoms. The normalized spacial score (nSPS) is 10.7. The number of rotatable bonds is 4. The minimum Gasteiger partial charge on any atom is -0.481 e. The van der Waals surface area contributed by atoms with Crippen LogP contribution >= 0.6 is 0 Å². The summed E-state index contributed by atoms with van der Waals surface area (Å²) in [5.41, 5.74) is 10.4. The summed E-state index contributed by atoms with van der Waals surface area (Å²) < 4.78 is 0. The molecule has 0 unspecified atom stereocenters. The molecule has 0 bridgehead atoms. The van der Waals surface area contributed by atoms with Gasteiger partial charge in [0.2, 0.25) is 5.91 Å². The third kappa shape index (κ3) is 6.96. The Morgan fingerprint density at radius 2 is 1.61 bits per heavy atom. The first-order valence-corrected chi connectivity index (χ1v) is 4.89. The summed E-state index contributed by atoms with van der Waals surface area (Å²) >= 11 is 0. The molecule has 0 saturated heterocycles. The lowest BCUT2D eigenvalue weighted by Crippen LogP contribution is -2.32. The van der Waals surface area contributed by atoms with Crippen LogP contribution in [0.5, 0.6) is 0 Å². The second kappa shape index (κ2) is 7.80. The van der Waals surface area contributed by atoms with Gasteiger partial charge in [-0.3, -0.25) is 14.4 Å². The molecule has 0 saturated carbocycles. The van der Waals surface area contributed by atoms with Crippen LogP contribution in [-0.4, -0.2) is 34.1 Å². The van der Waals surface area contributed by atoms with E-state index in [0.717, 1.165) is 0 Å². The van der Waals surface area contributed by atoms with Crippen LogP contribution in [0.4, 0.5) is 0 Å². The summed E-state index contributed by atoms with van der Waals surface area (Å²) in [6.07, 6.45) is -0.532. The molecule has 0 aromatic heterocycles. The van der Waals surface area contributed by atoms with E-state index >= 15 is 0 Å². The maximum Gasteiger partial charge on any atom is 0.321 e. The molecule has 0 aliphatic heterocycles. The van der Waals surface area contributed by atoms with E-state index in [2.05, 4.69) is 0 Å². The Kier molecular flexibility index (Phi) is 6.75. The van der Waals surface area contributed by atoms with Crippen molar-refractivity contribution in [2.24, 2.45) is 11.5 Å². The Labute approximate surface area is 103 Å². The number of carboxylic acids is 2. The quantitative estimate of drug-likeness (QED) is 0.578. The van der Waals surface area contributed by atoms with Gasteiger partial charge in [-0.1, -0.05) is 18.2 Å². The molecule has 1 aromatic carbocycles. The minimum atomic E-state index is -1.29. The highest BCUT2D eigenvalue weighted by atomic mass is 16.4. The zero-order valence-electron chi connectivity index (χ0n) is 9.45. The van der Waals surface area contributed by atoms with Gasteiger partial charge in [0.05, 0.1) is 6.42 Å². The number of carbonyl (C=O) groups excluding carboxylic acids is 1. The van der Waals surface area contributed by atoms with Crippen molar-refractivity contribution in [3.63, 3.8) is 0 Å². The van der Waals surface area contributed by atoms with E-state index in [0.29, 0.717) is 5.56 Å². The number of amides is 1. The highest BCUT2D eigenvalue weighted by Gasteiger charge is 2.14. The number of aliphatic carboxylic acids is 2. The predicted octanol–water partition coefficient (Wildman–Crippen LogP) is -0.342. The average molecular weight is 254 g/mol. The topological polar surface area (TPSA) is 144 Å². The number of nitrogens with two attached hydrogens (primary N) is 2. The third-order valence-corrected chi connectivity index (χ3v) is 1.77. The first-order chi connectivity index (χ1) is 8.34. The highest BCUT2D eigenvalue weighted by Crippen LogP contribution is 1.94. The molecular weight excluding hydrogens is 240 g/mol. The SMILES string of the molecule is NC(=O)c1ccccc1.N[C@@H](CC(=O)O)C(=O)O. The molecule has 7 heteroatoms. The number of hydrogen-bond donors (Lipinski definition) is 4. The predicted molar refractivity (Wildman–Crippen MR) is 62.8 cm³/mol. The summed E-state index contributed by atoms with van der Waals surface area (Å²) in [6, 6.07) is 7.47. The maximum absolute atomic E-state index is 10.4. The van der Waals surface area contributed by atoms with Crippen LogP contribution in [0.1, 0.15) is 16.8 Å². The molecule has 0 fully saturated rings. The summed E-state index contributed by atoms with van der Waals surface area (Å²) in [5, 5.41) is 16.0. The number of carboxylic acid groups (broad SMARTS) is 2. The van der Waals surface area contributed by atoms with Crippen LogP contribution in [0, 0.1) is 0 Å². The van der Waals surface area contributed by atoms with E-state index in [9.17, 15) is 14.4 Å². The number of primary amides is 1. The van der Waals surface area contributed by atoms with Gasteiger partial charge in [-0.2, -0.15) is 0 Å². The molecule has 0 radical (unpaired) electrons. The molecule has 98 valence electrons. The average Bonchev–Trinajstić information content (AvgIpc) is 2.30. The third-order valence-electron chi connectivity index (χ3n) is 1.77. The summed E-state index contributed by atoms with van der Waals surface area (Å²) in [7, 11) is 0. The molecule has 1 amide bonds. The van der Waals surface area contributed by atoms with Crippen LogP contribution in [-0.2, 0) is 9.59 Å². The number of hydrogen-bond acceptors (Lipinski definition) is 4. The van der Waals surface area contributed by atoms with E-state index < -0.39 is 24.4 Å². The van der Waals surface area contributed by atoms with Gasteiger partial charge in [0.25, 0.3) is 0 Å². The fourth-order valence-corrected chi connectivity index (χ4v) is 0.878. The van der Waals surface area contributed by atoms with Gasteiger partial charge < -0.3 is 21.7 Å². The highest BCUT2D eigenvalue weighted by molar-refractivity contribution is 5.92. The van der Waals surface area contributed by atoms with Crippen LogP contribution in [0.15, 0.2) is 30.3 Å². The Bertz CT molecular complexity index is 419. The van der Waals surface area contributed by atoms with Crippen LogP contribution in [0.25, 0.3) is 0 Å². The Morgan fingerprint density at radius 3 is 1.83 bits per heavy atom. The number of benzene rings is 1. The van der Waals surface area contributed by atoms with Gasteiger partial charge in [0.1, 0.15) is 6.04 Å². The molecular formula is C11H14N2O5. The monoisotopic (exact) mass is 254 g/mol. The van der Waals surface area contributed by atoms with Crippen molar-refractivity contribution in [3.8, 4) is 0 Å². The Morgan fingerprint density at radius 1 is 1.11 bits per heavy atom. The first kappa shape index (κ1) is 15.6. The van der Waals surface area contributed by atoms with E-state index in [1.165, 1.54) is 0 Å². The zero-order chi connectivity index (χ0) is 14.1. The van der Waals surface area contributed by atoms with Gasteiger partial charge in [-0.05, 0) is 12.1 Å². The summed E-state index contributed by atoms with van der Waals surface area (Å²) in [4.78, 5) is 30.0.